The van der Waals surface area contributed by atoms with Crippen molar-refractivity contribution in [1.29, 1.82) is 0 Å². The fourth-order valence-corrected chi connectivity index (χ4v) is 1.31. The van der Waals surface area contributed by atoms with Gasteiger partial charge in [0.25, 0.3) is 0 Å². The molecule has 0 aliphatic carbocycles. The van der Waals surface area contributed by atoms with E-state index in [1.807, 2.05) is 23.8 Å². The maximum absolute atomic E-state index is 8.83. The van der Waals surface area contributed by atoms with Gasteiger partial charge in [-0.2, -0.15) is 0 Å². The number of furan rings is 1. The van der Waals surface area contributed by atoms with E-state index in [2.05, 4.69) is 4.98 Å². The second-order valence-electron chi connectivity index (χ2n) is 3.22. The highest BCUT2D eigenvalue weighted by molar-refractivity contribution is 5.15. The monoisotopic (exact) mass is 192 g/mol. The van der Waals surface area contributed by atoms with E-state index in [1.165, 1.54) is 0 Å². The Labute approximate surface area is 81.8 Å². The molecule has 0 saturated carbocycles. The molecule has 2 rings (SSSR count). The van der Waals surface area contributed by atoms with Crippen molar-refractivity contribution in [2.24, 2.45) is 0 Å². The molecule has 0 amide bonds. The van der Waals surface area contributed by atoms with Crippen molar-refractivity contribution in [2.75, 3.05) is 0 Å². The zero-order valence-electron chi connectivity index (χ0n) is 7.97. The molecule has 0 aromatic carbocycles. The lowest BCUT2D eigenvalue weighted by Crippen LogP contribution is -1.96. The van der Waals surface area contributed by atoms with Gasteiger partial charge in [0.1, 0.15) is 5.76 Å². The Morgan fingerprint density at radius 3 is 3.00 bits per heavy atom. The van der Waals surface area contributed by atoms with Gasteiger partial charge < -0.3 is 14.1 Å². The van der Waals surface area contributed by atoms with Crippen molar-refractivity contribution < 1.29 is 9.52 Å². The van der Waals surface area contributed by atoms with Crippen LogP contribution in [0.2, 0.25) is 0 Å². The zero-order valence-corrected chi connectivity index (χ0v) is 7.97. The van der Waals surface area contributed by atoms with E-state index >= 15 is 0 Å². The summed E-state index contributed by atoms with van der Waals surface area (Å²) in [4.78, 5) is 4.02. The molecule has 0 spiro atoms. The summed E-state index contributed by atoms with van der Waals surface area (Å²) < 4.78 is 7.19. The largest absolute Gasteiger partial charge is 0.467 e. The SMILES string of the molecule is Cc1ccoc1Cn1cnc(CO)c1. The van der Waals surface area contributed by atoms with Crippen LogP contribution in [0.5, 0.6) is 0 Å². The first-order valence-corrected chi connectivity index (χ1v) is 4.44. The van der Waals surface area contributed by atoms with Gasteiger partial charge in [-0.05, 0) is 18.6 Å². The molecule has 0 saturated heterocycles. The van der Waals surface area contributed by atoms with Gasteiger partial charge in [-0.25, -0.2) is 4.98 Å². The molecule has 0 aliphatic rings. The average Bonchev–Trinajstić information content (AvgIpc) is 2.77. The molecular weight excluding hydrogens is 180 g/mol. The Morgan fingerprint density at radius 2 is 2.43 bits per heavy atom. The van der Waals surface area contributed by atoms with E-state index in [0.717, 1.165) is 11.3 Å². The Kier molecular flexibility index (Phi) is 2.37. The summed E-state index contributed by atoms with van der Waals surface area (Å²) in [5.74, 6) is 0.923. The fraction of sp³-hybridized carbons (Fsp3) is 0.300. The van der Waals surface area contributed by atoms with Gasteiger partial charge in [-0.15, -0.1) is 0 Å². The summed E-state index contributed by atoms with van der Waals surface area (Å²) >= 11 is 0. The number of hydrogen-bond donors (Lipinski definition) is 1. The second-order valence-corrected chi connectivity index (χ2v) is 3.22. The first kappa shape index (κ1) is 9.02. The molecule has 2 heterocycles. The molecule has 4 heteroatoms. The minimum atomic E-state index is -0.0237. The average molecular weight is 192 g/mol. The molecule has 0 aliphatic heterocycles. The maximum atomic E-state index is 8.83. The fourth-order valence-electron chi connectivity index (χ4n) is 1.31. The number of hydrogen-bond acceptors (Lipinski definition) is 3. The standard InChI is InChI=1S/C10H12N2O2/c1-8-2-3-14-10(8)5-12-4-9(6-13)11-7-12/h2-4,7,13H,5-6H2,1H3. The number of aliphatic hydroxyl groups is 1. The molecular formula is C10H12N2O2. The molecule has 0 radical (unpaired) electrons. The number of nitrogens with zero attached hydrogens (tertiary/aromatic N) is 2. The molecule has 4 nitrogen and oxygen atoms in total. The Hall–Kier alpha value is -1.55. The van der Waals surface area contributed by atoms with Crippen LogP contribution in [0.3, 0.4) is 0 Å². The van der Waals surface area contributed by atoms with Gasteiger partial charge in [0.05, 0.1) is 31.4 Å². The maximum Gasteiger partial charge on any atom is 0.126 e. The van der Waals surface area contributed by atoms with Gasteiger partial charge in [0, 0.05) is 6.20 Å². The third-order valence-electron chi connectivity index (χ3n) is 2.14. The summed E-state index contributed by atoms with van der Waals surface area (Å²) in [6.45, 7) is 2.64. The summed E-state index contributed by atoms with van der Waals surface area (Å²) in [6.07, 6.45) is 5.17. The highest BCUT2D eigenvalue weighted by Gasteiger charge is 2.03. The summed E-state index contributed by atoms with van der Waals surface area (Å²) in [5.41, 5.74) is 1.80. The molecule has 14 heavy (non-hydrogen) atoms. The number of aryl methyl sites for hydroxylation is 1. The second kappa shape index (κ2) is 3.67. The summed E-state index contributed by atoms with van der Waals surface area (Å²) in [5, 5.41) is 8.83. The molecule has 2 aromatic rings. The van der Waals surface area contributed by atoms with Crippen molar-refractivity contribution >= 4 is 0 Å². The first-order valence-electron chi connectivity index (χ1n) is 4.44. The van der Waals surface area contributed by atoms with Crippen molar-refractivity contribution in [3.05, 3.63) is 41.9 Å². The Balaban J connectivity index is 2.15. The van der Waals surface area contributed by atoms with Crippen molar-refractivity contribution in [1.82, 2.24) is 9.55 Å². The quantitative estimate of drug-likeness (QED) is 0.798. The Morgan fingerprint density at radius 1 is 1.57 bits per heavy atom. The van der Waals surface area contributed by atoms with Crippen LogP contribution in [0, 0.1) is 6.92 Å². The topological polar surface area (TPSA) is 51.2 Å². The van der Waals surface area contributed by atoms with Gasteiger partial charge >= 0.3 is 0 Å². The van der Waals surface area contributed by atoms with Crippen LogP contribution in [0.1, 0.15) is 17.0 Å². The van der Waals surface area contributed by atoms with Crippen LogP contribution >= 0.6 is 0 Å². The molecule has 0 unspecified atom stereocenters. The van der Waals surface area contributed by atoms with Gasteiger partial charge in [-0.3, -0.25) is 0 Å². The smallest absolute Gasteiger partial charge is 0.126 e. The van der Waals surface area contributed by atoms with Crippen LogP contribution in [0.15, 0.2) is 29.3 Å². The lowest BCUT2D eigenvalue weighted by Gasteiger charge is -1.99. The lowest BCUT2D eigenvalue weighted by atomic mass is 10.3. The molecule has 2 aromatic heterocycles. The van der Waals surface area contributed by atoms with Gasteiger partial charge in [0.2, 0.25) is 0 Å². The van der Waals surface area contributed by atoms with E-state index < -0.39 is 0 Å². The molecule has 0 atom stereocenters. The highest BCUT2D eigenvalue weighted by atomic mass is 16.3. The first-order chi connectivity index (χ1) is 6.79. The summed E-state index contributed by atoms with van der Waals surface area (Å²) in [7, 11) is 0. The zero-order chi connectivity index (χ0) is 9.97. The van der Waals surface area contributed by atoms with Gasteiger partial charge in [0.15, 0.2) is 0 Å². The highest BCUT2D eigenvalue weighted by Crippen LogP contribution is 2.10. The minimum absolute atomic E-state index is 0.0237. The van der Waals surface area contributed by atoms with E-state index in [1.54, 1.807) is 12.6 Å². The van der Waals surface area contributed by atoms with Crippen molar-refractivity contribution in [3.63, 3.8) is 0 Å². The predicted octanol–water partition coefficient (Wildman–Crippen LogP) is 1.33. The number of rotatable bonds is 3. The van der Waals surface area contributed by atoms with E-state index in [9.17, 15) is 0 Å². The van der Waals surface area contributed by atoms with E-state index in [4.69, 9.17) is 9.52 Å². The summed E-state index contributed by atoms with van der Waals surface area (Å²) in [6, 6.07) is 1.93. The van der Waals surface area contributed by atoms with Crippen LogP contribution < -0.4 is 0 Å². The minimum Gasteiger partial charge on any atom is -0.467 e. The van der Waals surface area contributed by atoms with Crippen LogP contribution in [-0.4, -0.2) is 14.7 Å². The molecule has 74 valence electrons. The number of aromatic nitrogens is 2. The third kappa shape index (κ3) is 1.70. The van der Waals surface area contributed by atoms with E-state index in [-0.39, 0.29) is 6.61 Å². The molecule has 0 bridgehead atoms. The van der Waals surface area contributed by atoms with Crippen molar-refractivity contribution in [3.8, 4) is 0 Å². The lowest BCUT2D eigenvalue weighted by molar-refractivity contribution is 0.277. The molecule has 1 N–H and O–H groups in total. The Bertz CT molecular complexity index is 417. The van der Waals surface area contributed by atoms with E-state index in [0.29, 0.717) is 12.2 Å². The van der Waals surface area contributed by atoms with Gasteiger partial charge in [-0.1, -0.05) is 0 Å². The third-order valence-corrected chi connectivity index (χ3v) is 2.14. The van der Waals surface area contributed by atoms with Crippen LogP contribution in [0.4, 0.5) is 0 Å². The van der Waals surface area contributed by atoms with Crippen molar-refractivity contribution in [2.45, 2.75) is 20.1 Å². The van der Waals surface area contributed by atoms with Crippen LogP contribution in [-0.2, 0) is 13.2 Å². The normalized spacial score (nSPS) is 10.7. The predicted molar refractivity (Wildman–Crippen MR) is 50.7 cm³/mol. The number of aliphatic hydroxyl groups excluding tert-OH is 1. The molecule has 0 fully saturated rings. The van der Waals surface area contributed by atoms with Crippen LogP contribution in [0.25, 0.3) is 0 Å². The number of imidazole rings is 1.